The summed E-state index contributed by atoms with van der Waals surface area (Å²) in [6.45, 7) is 0. The van der Waals surface area contributed by atoms with Crippen molar-refractivity contribution in [2.75, 3.05) is 0 Å². The Kier molecular flexibility index (Phi) is 4.11. The van der Waals surface area contributed by atoms with E-state index in [1.165, 1.54) is 0 Å². The fraction of sp³-hybridized carbons (Fsp3) is 0.111. The summed E-state index contributed by atoms with van der Waals surface area (Å²) in [5, 5.41) is 0. The Balaban J connectivity index is 2.72. The van der Waals surface area contributed by atoms with Crippen molar-refractivity contribution in [1.82, 2.24) is 9.13 Å². The van der Waals surface area contributed by atoms with E-state index in [-0.39, 0.29) is 0 Å². The average molecular weight is 541 g/mol. The Bertz CT molecular complexity index is 555. The average Bonchev–Trinajstić information content (AvgIpc) is 2.60. The summed E-state index contributed by atoms with van der Waals surface area (Å²) in [5.74, 6) is 1.05. The Morgan fingerprint density at radius 3 is 1.81 bits per heavy atom. The molecule has 0 fully saturated rings. The number of nitrogens with zero attached hydrogens (tertiary/aromatic N) is 2. The Labute approximate surface area is 135 Å². The van der Waals surface area contributed by atoms with Crippen molar-refractivity contribution in [3.63, 3.8) is 0 Å². The lowest BCUT2D eigenvalue weighted by molar-refractivity contribution is 0.834. The van der Waals surface area contributed by atoms with E-state index in [9.17, 15) is 0 Å². The van der Waals surface area contributed by atoms with Crippen LogP contribution < -0.4 is 0 Å². The van der Waals surface area contributed by atoms with E-state index in [1.54, 1.807) is 0 Å². The molecule has 0 amide bonds. The molecule has 0 unspecified atom stereocenters. The van der Waals surface area contributed by atoms with Crippen molar-refractivity contribution in [1.29, 1.82) is 0 Å². The summed E-state index contributed by atoms with van der Waals surface area (Å²) in [6, 6.07) is 0. The first-order chi connectivity index (χ1) is 7.43. The number of hydrogen-bond donors (Lipinski definition) is 0. The van der Waals surface area contributed by atoms with Crippen LogP contribution in [0.5, 0.6) is 0 Å². The minimum Gasteiger partial charge on any atom is -0.335 e. The summed E-state index contributed by atoms with van der Waals surface area (Å²) in [4.78, 5) is 0. The van der Waals surface area contributed by atoms with Crippen molar-refractivity contribution < 1.29 is 0 Å². The maximum atomic E-state index is 3.57. The predicted octanol–water partition coefficient (Wildman–Crippen LogP) is 5.63. The maximum absolute atomic E-state index is 3.57. The quantitative estimate of drug-likeness (QED) is 0.444. The molecule has 16 heavy (non-hydrogen) atoms. The largest absolute Gasteiger partial charge is 0.335 e. The SMILES string of the molecule is Cn1cc(Br)c(Br)c1-n1cc(Br)c(Br)c1Br. The van der Waals surface area contributed by atoms with Gasteiger partial charge in [0, 0.05) is 19.4 Å². The molecule has 0 aromatic carbocycles. The van der Waals surface area contributed by atoms with E-state index in [0.717, 1.165) is 28.3 Å². The van der Waals surface area contributed by atoms with Gasteiger partial charge in [-0.15, -0.1) is 0 Å². The Morgan fingerprint density at radius 2 is 1.44 bits per heavy atom. The van der Waals surface area contributed by atoms with Crippen molar-refractivity contribution in [3.05, 3.63) is 34.9 Å². The summed E-state index contributed by atoms with van der Waals surface area (Å²) in [5.41, 5.74) is 0. The van der Waals surface area contributed by atoms with Crippen LogP contribution in [0.4, 0.5) is 0 Å². The second-order valence-corrected chi connectivity index (χ2v) is 7.22. The van der Waals surface area contributed by atoms with Crippen LogP contribution in [-0.4, -0.2) is 9.13 Å². The first-order valence-electron chi connectivity index (χ1n) is 4.16. The second kappa shape index (κ2) is 4.91. The number of aromatic nitrogens is 2. The molecular formula is C9H5Br5N2. The van der Waals surface area contributed by atoms with E-state index >= 15 is 0 Å². The van der Waals surface area contributed by atoms with Crippen LogP contribution in [0.1, 0.15) is 0 Å². The van der Waals surface area contributed by atoms with E-state index in [4.69, 9.17) is 0 Å². The molecule has 0 saturated carbocycles. The van der Waals surface area contributed by atoms with Gasteiger partial charge in [0.25, 0.3) is 0 Å². The third kappa shape index (κ3) is 2.13. The maximum Gasteiger partial charge on any atom is 0.133 e. The normalized spacial score (nSPS) is 11.1. The first-order valence-corrected chi connectivity index (χ1v) is 8.12. The van der Waals surface area contributed by atoms with Crippen LogP contribution in [0.2, 0.25) is 0 Å². The fourth-order valence-electron chi connectivity index (χ4n) is 1.41. The predicted molar refractivity (Wildman–Crippen MR) is 83.2 cm³/mol. The molecule has 0 aliphatic carbocycles. The molecule has 2 aromatic rings. The number of aryl methyl sites for hydroxylation is 1. The lowest BCUT2D eigenvalue weighted by Crippen LogP contribution is -2.00. The second-order valence-electron chi connectivity index (χ2n) is 3.18. The standard InChI is InChI=1S/C9H5Br5N2/c1-15-2-4(10)7(13)9(15)16-3-5(11)6(12)8(16)14/h2-3H,1H3. The van der Waals surface area contributed by atoms with Crippen LogP contribution in [-0.2, 0) is 7.05 Å². The number of halogens is 5. The third-order valence-electron chi connectivity index (χ3n) is 2.12. The topological polar surface area (TPSA) is 9.86 Å². The van der Waals surface area contributed by atoms with Crippen LogP contribution in [0.25, 0.3) is 5.82 Å². The van der Waals surface area contributed by atoms with E-state index < -0.39 is 0 Å². The van der Waals surface area contributed by atoms with Crippen LogP contribution in [0, 0.1) is 0 Å². The highest BCUT2D eigenvalue weighted by molar-refractivity contribution is 9.14. The van der Waals surface area contributed by atoms with Gasteiger partial charge in [0.05, 0.1) is 17.9 Å². The van der Waals surface area contributed by atoms with Crippen LogP contribution in [0.3, 0.4) is 0 Å². The molecule has 86 valence electrons. The van der Waals surface area contributed by atoms with Crippen LogP contribution >= 0.6 is 79.6 Å². The van der Waals surface area contributed by atoms with Gasteiger partial charge in [0.15, 0.2) is 0 Å². The summed E-state index contributed by atoms with van der Waals surface area (Å²) >= 11 is 17.6. The fourth-order valence-corrected chi connectivity index (χ4v) is 3.90. The molecule has 2 heterocycles. The lowest BCUT2D eigenvalue weighted by Gasteiger charge is -2.07. The van der Waals surface area contributed by atoms with Gasteiger partial charge in [-0.1, -0.05) is 0 Å². The highest BCUT2D eigenvalue weighted by Crippen LogP contribution is 2.38. The molecule has 0 aliphatic rings. The van der Waals surface area contributed by atoms with Crippen molar-refractivity contribution in [2.45, 2.75) is 0 Å². The summed E-state index contributed by atoms with van der Waals surface area (Å²) in [6.07, 6.45) is 4.01. The van der Waals surface area contributed by atoms with Gasteiger partial charge >= 0.3 is 0 Å². The van der Waals surface area contributed by atoms with Crippen molar-refractivity contribution >= 4 is 79.6 Å². The van der Waals surface area contributed by atoms with Gasteiger partial charge in [-0.05, 0) is 79.6 Å². The van der Waals surface area contributed by atoms with Gasteiger partial charge in [0.1, 0.15) is 10.4 Å². The Hall–Kier alpha value is 0.960. The van der Waals surface area contributed by atoms with E-state index in [1.807, 2.05) is 28.6 Å². The molecule has 0 radical (unpaired) electrons. The Morgan fingerprint density at radius 1 is 0.875 bits per heavy atom. The molecule has 0 saturated heterocycles. The molecule has 0 spiro atoms. The van der Waals surface area contributed by atoms with Gasteiger partial charge in [0.2, 0.25) is 0 Å². The van der Waals surface area contributed by atoms with Gasteiger partial charge in [-0.2, -0.15) is 0 Å². The summed E-state index contributed by atoms with van der Waals surface area (Å²) in [7, 11) is 2.00. The van der Waals surface area contributed by atoms with Gasteiger partial charge in [-0.25, -0.2) is 0 Å². The monoisotopic (exact) mass is 536 g/mol. The first kappa shape index (κ1) is 13.4. The molecular weight excluding hydrogens is 536 g/mol. The number of rotatable bonds is 1. The van der Waals surface area contributed by atoms with Gasteiger partial charge < -0.3 is 4.57 Å². The molecule has 0 N–H and O–H groups in total. The zero-order chi connectivity index (χ0) is 12.0. The minimum atomic E-state index is 0.966. The zero-order valence-electron chi connectivity index (χ0n) is 7.94. The van der Waals surface area contributed by atoms with E-state index in [2.05, 4.69) is 79.6 Å². The summed E-state index contributed by atoms with van der Waals surface area (Å²) < 4.78 is 9.10. The molecule has 2 rings (SSSR count). The highest BCUT2D eigenvalue weighted by atomic mass is 79.9. The van der Waals surface area contributed by atoms with Crippen LogP contribution in [0.15, 0.2) is 34.9 Å². The molecule has 0 atom stereocenters. The molecule has 7 heteroatoms. The van der Waals surface area contributed by atoms with Crippen molar-refractivity contribution in [2.24, 2.45) is 7.05 Å². The lowest BCUT2D eigenvalue weighted by atomic mass is 10.6. The highest BCUT2D eigenvalue weighted by Gasteiger charge is 2.17. The minimum absolute atomic E-state index is 0.966. The van der Waals surface area contributed by atoms with Gasteiger partial charge in [-0.3, -0.25) is 4.57 Å². The third-order valence-corrected chi connectivity index (χ3v) is 7.28. The number of hydrogen-bond acceptors (Lipinski definition) is 0. The smallest absolute Gasteiger partial charge is 0.133 e. The molecule has 0 bridgehead atoms. The molecule has 2 aromatic heterocycles. The molecule has 2 nitrogen and oxygen atoms in total. The van der Waals surface area contributed by atoms with Crippen molar-refractivity contribution in [3.8, 4) is 5.82 Å². The van der Waals surface area contributed by atoms with E-state index in [0.29, 0.717) is 0 Å². The molecule has 0 aliphatic heterocycles. The zero-order valence-corrected chi connectivity index (χ0v) is 15.9.